The largest absolute Gasteiger partial charge is 0.496 e. The number of rotatable bonds is 5. The van der Waals surface area contributed by atoms with E-state index in [0.717, 1.165) is 36.8 Å². The number of amides is 1. The minimum Gasteiger partial charge on any atom is -0.496 e. The number of carbonyl (C=O) groups is 2. The lowest BCUT2D eigenvalue weighted by Crippen LogP contribution is -2.33. The van der Waals surface area contributed by atoms with E-state index < -0.39 is 5.97 Å². The topological polar surface area (TPSA) is 76.7 Å². The van der Waals surface area contributed by atoms with Gasteiger partial charge in [-0.1, -0.05) is 18.2 Å². The number of carbonyl (C=O) groups excluding carboxylic acids is 2. The van der Waals surface area contributed by atoms with Crippen molar-refractivity contribution in [3.05, 3.63) is 51.9 Å². The van der Waals surface area contributed by atoms with Gasteiger partial charge in [0.1, 0.15) is 10.8 Å². The molecule has 0 unspecified atom stereocenters. The van der Waals surface area contributed by atoms with Crippen LogP contribution in [0.3, 0.4) is 0 Å². The average molecular weight is 431 g/mol. The smallest absolute Gasteiger partial charge is 0.341 e. The predicted molar refractivity (Wildman–Crippen MR) is 119 cm³/mol. The van der Waals surface area contributed by atoms with E-state index in [0.29, 0.717) is 16.3 Å². The van der Waals surface area contributed by atoms with Crippen LogP contribution >= 0.6 is 23.6 Å². The molecule has 6 nitrogen and oxygen atoms in total. The first-order chi connectivity index (χ1) is 14.0. The molecule has 0 atom stereocenters. The molecule has 2 N–H and O–H groups in total. The lowest BCUT2D eigenvalue weighted by atomic mass is 9.95. The number of aryl methyl sites for hydroxylation is 1. The molecule has 0 spiro atoms. The summed E-state index contributed by atoms with van der Waals surface area (Å²) in [6.07, 6.45) is 6.96. The monoisotopic (exact) mass is 430 g/mol. The molecule has 8 heteroatoms. The Morgan fingerprint density at radius 2 is 1.93 bits per heavy atom. The molecule has 1 aromatic carbocycles. The molecule has 1 heterocycles. The molecule has 1 aliphatic rings. The molecule has 0 bridgehead atoms. The Labute approximate surface area is 178 Å². The molecule has 1 aromatic heterocycles. The van der Waals surface area contributed by atoms with Gasteiger partial charge in [-0.05, 0) is 55.6 Å². The normalized spacial score (nSPS) is 12.9. The van der Waals surface area contributed by atoms with Crippen LogP contribution < -0.4 is 15.4 Å². The minimum absolute atomic E-state index is 0.128. The van der Waals surface area contributed by atoms with Gasteiger partial charge in [-0.15, -0.1) is 11.3 Å². The maximum absolute atomic E-state index is 12.3. The number of hydrogen-bond acceptors (Lipinski definition) is 6. The third-order valence-corrected chi connectivity index (χ3v) is 5.99. The Bertz CT molecular complexity index is 966. The third-order valence-electron chi connectivity index (χ3n) is 4.58. The van der Waals surface area contributed by atoms with Gasteiger partial charge in [0.2, 0.25) is 5.91 Å². The highest BCUT2D eigenvalue weighted by Crippen LogP contribution is 2.38. The average Bonchev–Trinajstić information content (AvgIpc) is 3.09. The summed E-state index contributed by atoms with van der Waals surface area (Å²) in [5.41, 5.74) is 2.33. The quantitative estimate of drug-likeness (QED) is 0.425. The summed E-state index contributed by atoms with van der Waals surface area (Å²) in [6, 6.07) is 7.38. The first-order valence-corrected chi connectivity index (χ1v) is 10.4. The van der Waals surface area contributed by atoms with Crippen molar-refractivity contribution < 1.29 is 19.1 Å². The van der Waals surface area contributed by atoms with Crippen molar-refractivity contribution in [2.24, 2.45) is 0 Å². The summed E-state index contributed by atoms with van der Waals surface area (Å²) in [5.74, 6) is -0.101. The van der Waals surface area contributed by atoms with E-state index in [1.807, 2.05) is 24.3 Å². The fraction of sp³-hybridized carbons (Fsp3) is 0.286. The van der Waals surface area contributed by atoms with Crippen LogP contribution in [0.2, 0.25) is 0 Å². The first-order valence-electron chi connectivity index (χ1n) is 9.19. The number of hydrogen-bond donors (Lipinski definition) is 2. The van der Waals surface area contributed by atoms with E-state index in [2.05, 4.69) is 10.6 Å². The highest BCUT2D eigenvalue weighted by molar-refractivity contribution is 7.80. The molecular formula is C21H22N2O4S2. The zero-order valence-corrected chi connectivity index (χ0v) is 17.9. The molecule has 0 saturated heterocycles. The molecule has 1 amide bonds. The number of esters is 1. The van der Waals surface area contributed by atoms with Crippen molar-refractivity contribution in [2.75, 3.05) is 19.5 Å². The first kappa shape index (κ1) is 21.0. The highest BCUT2D eigenvalue weighted by atomic mass is 32.1. The number of fused-ring (bicyclic) bond motifs is 1. The van der Waals surface area contributed by atoms with E-state index in [9.17, 15) is 9.59 Å². The maximum atomic E-state index is 12.3. The van der Waals surface area contributed by atoms with Crippen molar-refractivity contribution in [2.45, 2.75) is 25.7 Å². The van der Waals surface area contributed by atoms with Gasteiger partial charge in [0.25, 0.3) is 0 Å². The molecule has 2 aromatic rings. The molecule has 0 aliphatic heterocycles. The lowest BCUT2D eigenvalue weighted by molar-refractivity contribution is -0.115. The van der Waals surface area contributed by atoms with E-state index in [4.69, 9.17) is 21.7 Å². The number of para-hydroxylation sites is 1. The number of thiophene rings is 1. The van der Waals surface area contributed by atoms with Crippen LogP contribution in [0.5, 0.6) is 5.75 Å². The summed E-state index contributed by atoms with van der Waals surface area (Å²) >= 11 is 6.76. The standard InChI is InChI=1S/C21H22N2O4S2/c1-26-15-9-5-3-7-13(15)11-12-17(24)22-21(28)23-19-18(20(25)27-2)14-8-4-6-10-16(14)29-19/h3,5,7,9,11-12H,4,6,8,10H2,1-2H3,(H2,22,23,24,28)/b12-11+. The Morgan fingerprint density at radius 3 is 2.69 bits per heavy atom. The second-order valence-electron chi connectivity index (χ2n) is 6.43. The van der Waals surface area contributed by atoms with Gasteiger partial charge in [0.15, 0.2) is 5.11 Å². The summed E-state index contributed by atoms with van der Waals surface area (Å²) in [7, 11) is 2.94. The summed E-state index contributed by atoms with van der Waals surface area (Å²) in [5, 5.41) is 6.34. The van der Waals surface area contributed by atoms with E-state index in [-0.39, 0.29) is 11.0 Å². The fourth-order valence-corrected chi connectivity index (χ4v) is 4.78. The van der Waals surface area contributed by atoms with Gasteiger partial charge in [-0.25, -0.2) is 4.79 Å². The van der Waals surface area contributed by atoms with Crippen LogP contribution in [0.25, 0.3) is 6.08 Å². The highest BCUT2D eigenvalue weighted by Gasteiger charge is 2.26. The van der Waals surface area contributed by atoms with Crippen molar-refractivity contribution >= 4 is 51.6 Å². The van der Waals surface area contributed by atoms with Crippen LogP contribution in [-0.2, 0) is 22.4 Å². The number of thiocarbonyl (C=S) groups is 1. The Kier molecular flexibility index (Phi) is 7.00. The van der Waals surface area contributed by atoms with E-state index in [1.54, 1.807) is 13.2 Å². The number of methoxy groups -OCH3 is 2. The molecule has 0 radical (unpaired) electrons. The molecule has 3 rings (SSSR count). The van der Waals surface area contributed by atoms with Crippen LogP contribution in [0, 0.1) is 0 Å². The number of nitrogens with one attached hydrogen (secondary N) is 2. The summed E-state index contributed by atoms with van der Waals surface area (Å²) in [4.78, 5) is 25.7. The zero-order valence-electron chi connectivity index (χ0n) is 16.2. The predicted octanol–water partition coefficient (Wildman–Crippen LogP) is 3.95. The van der Waals surface area contributed by atoms with Gasteiger partial charge in [-0.2, -0.15) is 0 Å². The molecule has 0 saturated carbocycles. The zero-order chi connectivity index (χ0) is 20.8. The van der Waals surface area contributed by atoms with E-state index >= 15 is 0 Å². The number of anilines is 1. The van der Waals surface area contributed by atoms with Gasteiger partial charge >= 0.3 is 5.97 Å². The van der Waals surface area contributed by atoms with Crippen molar-refractivity contribution in [1.82, 2.24) is 5.32 Å². The second-order valence-corrected chi connectivity index (χ2v) is 7.94. The SMILES string of the molecule is COC(=O)c1c(NC(=S)NC(=O)/C=C/c2ccccc2OC)sc2c1CCCC2. The lowest BCUT2D eigenvalue weighted by Gasteiger charge is -2.12. The summed E-state index contributed by atoms with van der Waals surface area (Å²) < 4.78 is 10.2. The molecular weight excluding hydrogens is 408 g/mol. The van der Waals surface area contributed by atoms with Gasteiger partial charge in [0, 0.05) is 16.5 Å². The minimum atomic E-state index is -0.392. The second kappa shape index (κ2) is 9.67. The van der Waals surface area contributed by atoms with Gasteiger partial charge in [0.05, 0.1) is 19.8 Å². The molecule has 1 aliphatic carbocycles. The number of benzene rings is 1. The summed E-state index contributed by atoms with van der Waals surface area (Å²) in [6.45, 7) is 0. The van der Waals surface area contributed by atoms with E-state index in [1.165, 1.54) is 29.4 Å². The molecule has 152 valence electrons. The number of ether oxygens (including phenoxy) is 2. The van der Waals surface area contributed by atoms with Crippen LogP contribution in [0.4, 0.5) is 5.00 Å². The Morgan fingerprint density at radius 1 is 1.17 bits per heavy atom. The van der Waals surface area contributed by atoms with Crippen LogP contribution in [0.15, 0.2) is 30.3 Å². The van der Waals surface area contributed by atoms with Gasteiger partial charge in [-0.3, -0.25) is 10.1 Å². The van der Waals surface area contributed by atoms with Crippen molar-refractivity contribution in [3.63, 3.8) is 0 Å². The van der Waals surface area contributed by atoms with Crippen molar-refractivity contribution in [1.29, 1.82) is 0 Å². The fourth-order valence-electron chi connectivity index (χ4n) is 3.23. The molecule has 29 heavy (non-hydrogen) atoms. The van der Waals surface area contributed by atoms with Crippen molar-refractivity contribution in [3.8, 4) is 5.75 Å². The van der Waals surface area contributed by atoms with Gasteiger partial charge < -0.3 is 14.8 Å². The third kappa shape index (κ3) is 5.02. The maximum Gasteiger partial charge on any atom is 0.341 e. The Balaban J connectivity index is 1.69. The molecule has 0 fully saturated rings. The van der Waals surface area contributed by atoms with Crippen LogP contribution in [-0.4, -0.2) is 31.2 Å². The Hall–Kier alpha value is -2.71. The van der Waals surface area contributed by atoms with Crippen LogP contribution in [0.1, 0.15) is 39.2 Å².